The maximum atomic E-state index is 12.7. The molecule has 1 aromatic carbocycles. The van der Waals surface area contributed by atoms with Crippen LogP contribution in [0.15, 0.2) is 52.6 Å². The standard InChI is InChI=1S/C19H30N6O2S.HI/c1-19(2,3)24-28(26,27)17-10-6-5-9-16(17)15-22-18(20-4)21-11-7-13-25-14-8-12-23-25;/h5-6,8-10,12,14,24H,7,11,13,15H2,1-4H3,(H2,20,21,22);1H. The zero-order chi connectivity index (χ0) is 20.6. The van der Waals surface area contributed by atoms with E-state index in [1.165, 1.54) is 0 Å². The van der Waals surface area contributed by atoms with Crippen LogP contribution >= 0.6 is 24.0 Å². The number of guanidine groups is 1. The number of sulfonamides is 1. The summed E-state index contributed by atoms with van der Waals surface area (Å²) >= 11 is 0. The Labute approximate surface area is 190 Å². The van der Waals surface area contributed by atoms with E-state index in [1.54, 1.807) is 31.4 Å². The summed E-state index contributed by atoms with van der Waals surface area (Å²) < 4.78 is 30.0. The van der Waals surface area contributed by atoms with E-state index in [0.717, 1.165) is 19.5 Å². The summed E-state index contributed by atoms with van der Waals surface area (Å²) in [5.74, 6) is 0.622. The zero-order valence-electron chi connectivity index (χ0n) is 17.3. The second-order valence-corrected chi connectivity index (χ2v) is 9.09. The molecule has 8 nitrogen and oxygen atoms in total. The summed E-state index contributed by atoms with van der Waals surface area (Å²) in [5, 5.41) is 10.6. The SMILES string of the molecule is CN=C(NCCCn1cccn1)NCc1ccccc1S(=O)(=O)NC(C)(C)C.I. The number of aryl methyl sites for hydroxylation is 1. The highest BCUT2D eigenvalue weighted by molar-refractivity contribution is 14.0. The van der Waals surface area contributed by atoms with Crippen LogP contribution in [0.5, 0.6) is 0 Å². The Kier molecular flexibility index (Phi) is 10.1. The number of hydrogen-bond donors (Lipinski definition) is 3. The molecule has 3 N–H and O–H groups in total. The molecule has 0 aliphatic heterocycles. The minimum absolute atomic E-state index is 0. The number of halogens is 1. The monoisotopic (exact) mass is 534 g/mol. The molecule has 0 saturated carbocycles. The predicted molar refractivity (Wildman–Crippen MR) is 127 cm³/mol. The minimum Gasteiger partial charge on any atom is -0.356 e. The second kappa shape index (κ2) is 11.5. The van der Waals surface area contributed by atoms with E-state index in [4.69, 9.17) is 0 Å². The van der Waals surface area contributed by atoms with Gasteiger partial charge in [-0.05, 0) is 44.9 Å². The molecule has 0 atom stereocenters. The molecule has 0 fully saturated rings. The molecule has 0 saturated heterocycles. The molecule has 10 heteroatoms. The smallest absolute Gasteiger partial charge is 0.241 e. The third-order valence-corrected chi connectivity index (χ3v) is 5.65. The van der Waals surface area contributed by atoms with Gasteiger partial charge in [0.25, 0.3) is 0 Å². The van der Waals surface area contributed by atoms with Gasteiger partial charge in [-0.15, -0.1) is 24.0 Å². The zero-order valence-corrected chi connectivity index (χ0v) is 20.5. The van der Waals surface area contributed by atoms with Crippen molar-refractivity contribution < 1.29 is 8.42 Å². The van der Waals surface area contributed by atoms with Crippen molar-refractivity contribution in [3.05, 3.63) is 48.3 Å². The van der Waals surface area contributed by atoms with Crippen molar-refractivity contribution in [2.45, 2.75) is 50.7 Å². The van der Waals surface area contributed by atoms with Gasteiger partial charge in [-0.3, -0.25) is 9.67 Å². The molecule has 0 unspecified atom stereocenters. The average Bonchev–Trinajstić information content (AvgIpc) is 3.13. The summed E-state index contributed by atoms with van der Waals surface area (Å²) in [5.41, 5.74) is 0.129. The normalized spacial score (nSPS) is 12.3. The largest absolute Gasteiger partial charge is 0.356 e. The van der Waals surface area contributed by atoms with E-state index in [2.05, 4.69) is 25.4 Å². The number of aliphatic imine (C=N–C) groups is 1. The first-order chi connectivity index (χ1) is 13.2. The van der Waals surface area contributed by atoms with Crippen LogP contribution in [0.1, 0.15) is 32.8 Å². The fourth-order valence-electron chi connectivity index (χ4n) is 2.65. The molecular weight excluding hydrogens is 503 g/mol. The number of nitrogens with one attached hydrogen (secondary N) is 3. The Morgan fingerprint density at radius 1 is 1.17 bits per heavy atom. The molecule has 0 aliphatic carbocycles. The summed E-state index contributed by atoms with van der Waals surface area (Å²) in [6, 6.07) is 8.87. The highest BCUT2D eigenvalue weighted by Gasteiger charge is 2.24. The lowest BCUT2D eigenvalue weighted by molar-refractivity contribution is 0.491. The number of rotatable bonds is 8. The molecule has 0 radical (unpaired) electrons. The van der Waals surface area contributed by atoms with Crippen molar-refractivity contribution >= 4 is 40.0 Å². The Morgan fingerprint density at radius 3 is 2.52 bits per heavy atom. The molecule has 1 heterocycles. The highest BCUT2D eigenvalue weighted by atomic mass is 127. The van der Waals surface area contributed by atoms with Gasteiger partial charge in [0.2, 0.25) is 10.0 Å². The van der Waals surface area contributed by atoms with Gasteiger partial charge in [0.15, 0.2) is 5.96 Å². The van der Waals surface area contributed by atoms with E-state index >= 15 is 0 Å². The van der Waals surface area contributed by atoms with E-state index in [0.29, 0.717) is 18.1 Å². The lowest BCUT2D eigenvalue weighted by Crippen LogP contribution is -2.41. The fraction of sp³-hybridized carbons (Fsp3) is 0.474. The molecule has 0 bridgehead atoms. The fourth-order valence-corrected chi connectivity index (χ4v) is 4.31. The van der Waals surface area contributed by atoms with E-state index < -0.39 is 15.6 Å². The van der Waals surface area contributed by atoms with Crippen molar-refractivity contribution in [2.24, 2.45) is 4.99 Å². The lowest BCUT2D eigenvalue weighted by atomic mass is 10.1. The van der Waals surface area contributed by atoms with Crippen molar-refractivity contribution in [1.82, 2.24) is 25.1 Å². The third-order valence-electron chi connectivity index (χ3n) is 3.79. The van der Waals surface area contributed by atoms with Gasteiger partial charge in [0.1, 0.15) is 0 Å². The van der Waals surface area contributed by atoms with E-state index in [1.807, 2.05) is 43.8 Å². The Hall–Kier alpha value is -1.66. The second-order valence-electron chi connectivity index (χ2n) is 7.44. The van der Waals surface area contributed by atoms with Gasteiger partial charge in [0.05, 0.1) is 4.90 Å². The van der Waals surface area contributed by atoms with Crippen LogP contribution in [0, 0.1) is 0 Å². The molecule has 29 heavy (non-hydrogen) atoms. The first-order valence-electron chi connectivity index (χ1n) is 9.25. The van der Waals surface area contributed by atoms with E-state index in [9.17, 15) is 8.42 Å². The van der Waals surface area contributed by atoms with E-state index in [-0.39, 0.29) is 28.9 Å². The van der Waals surface area contributed by atoms with Crippen LogP contribution in [0.4, 0.5) is 0 Å². The first-order valence-corrected chi connectivity index (χ1v) is 10.7. The number of benzene rings is 1. The van der Waals surface area contributed by atoms with Gasteiger partial charge in [-0.25, -0.2) is 13.1 Å². The molecule has 0 amide bonds. The molecular formula is C19H31IN6O2S. The van der Waals surface area contributed by atoms with Crippen LogP contribution < -0.4 is 15.4 Å². The van der Waals surface area contributed by atoms with Crippen molar-refractivity contribution in [3.8, 4) is 0 Å². The van der Waals surface area contributed by atoms with Crippen LogP contribution in [0.2, 0.25) is 0 Å². The molecule has 0 spiro atoms. The van der Waals surface area contributed by atoms with Gasteiger partial charge < -0.3 is 10.6 Å². The summed E-state index contributed by atoms with van der Waals surface area (Å²) in [4.78, 5) is 4.47. The van der Waals surface area contributed by atoms with Gasteiger partial charge in [-0.1, -0.05) is 18.2 Å². The van der Waals surface area contributed by atoms with Crippen LogP contribution in [-0.4, -0.2) is 43.3 Å². The van der Waals surface area contributed by atoms with Crippen LogP contribution in [-0.2, 0) is 23.1 Å². The minimum atomic E-state index is -3.61. The molecule has 0 aliphatic rings. The molecule has 162 valence electrons. The third kappa shape index (κ3) is 8.70. The number of aromatic nitrogens is 2. The summed E-state index contributed by atoms with van der Waals surface area (Å²) in [7, 11) is -1.92. The Morgan fingerprint density at radius 2 is 1.90 bits per heavy atom. The maximum absolute atomic E-state index is 12.7. The summed E-state index contributed by atoms with van der Waals surface area (Å²) in [6.45, 7) is 7.35. The summed E-state index contributed by atoms with van der Waals surface area (Å²) in [6.07, 6.45) is 4.58. The quantitative estimate of drug-likeness (QED) is 0.209. The van der Waals surface area contributed by atoms with Crippen molar-refractivity contribution in [3.63, 3.8) is 0 Å². The molecule has 1 aromatic heterocycles. The lowest BCUT2D eigenvalue weighted by Gasteiger charge is -2.22. The first kappa shape index (κ1) is 25.4. The number of nitrogens with zero attached hydrogens (tertiary/aromatic N) is 3. The topological polar surface area (TPSA) is 100 Å². The van der Waals surface area contributed by atoms with Crippen molar-refractivity contribution in [2.75, 3.05) is 13.6 Å². The molecule has 2 aromatic rings. The molecule has 2 rings (SSSR count). The predicted octanol–water partition coefficient (Wildman–Crippen LogP) is 2.33. The van der Waals surface area contributed by atoms with Crippen LogP contribution in [0.3, 0.4) is 0 Å². The van der Waals surface area contributed by atoms with Gasteiger partial charge >= 0.3 is 0 Å². The average molecular weight is 534 g/mol. The van der Waals surface area contributed by atoms with Gasteiger partial charge in [-0.2, -0.15) is 5.10 Å². The van der Waals surface area contributed by atoms with Crippen molar-refractivity contribution in [1.29, 1.82) is 0 Å². The highest BCUT2D eigenvalue weighted by Crippen LogP contribution is 2.17. The van der Waals surface area contributed by atoms with Crippen LogP contribution in [0.25, 0.3) is 0 Å². The Bertz CT molecular complexity index is 876. The number of hydrogen-bond acceptors (Lipinski definition) is 4. The van der Waals surface area contributed by atoms with Gasteiger partial charge in [0, 0.05) is 44.6 Å². The Balaban J connectivity index is 0.00000420. The maximum Gasteiger partial charge on any atom is 0.241 e.